The van der Waals surface area contributed by atoms with Crippen molar-refractivity contribution < 1.29 is 14.4 Å². The molecule has 3 aliphatic heterocycles. The Morgan fingerprint density at radius 3 is 2.14 bits per heavy atom. The molecular formula is C27H33N5O3. The van der Waals surface area contributed by atoms with Gasteiger partial charge in [-0.25, -0.2) is 4.98 Å². The molecule has 2 aromatic rings. The van der Waals surface area contributed by atoms with E-state index in [1.807, 2.05) is 29.0 Å². The van der Waals surface area contributed by atoms with Crippen LogP contribution in [0.4, 0.5) is 11.5 Å². The van der Waals surface area contributed by atoms with Crippen LogP contribution in [0.25, 0.3) is 0 Å². The van der Waals surface area contributed by atoms with E-state index in [2.05, 4.69) is 22.9 Å². The van der Waals surface area contributed by atoms with Crippen molar-refractivity contribution in [3.8, 4) is 0 Å². The molecule has 0 radical (unpaired) electrons. The molecule has 1 aromatic carbocycles. The van der Waals surface area contributed by atoms with E-state index < -0.39 is 0 Å². The van der Waals surface area contributed by atoms with E-state index in [0.717, 1.165) is 36.2 Å². The Kier molecular flexibility index (Phi) is 6.45. The van der Waals surface area contributed by atoms with E-state index in [-0.39, 0.29) is 17.7 Å². The van der Waals surface area contributed by atoms with Gasteiger partial charge >= 0.3 is 0 Å². The van der Waals surface area contributed by atoms with Gasteiger partial charge in [-0.15, -0.1) is 0 Å². The zero-order valence-corrected chi connectivity index (χ0v) is 20.6. The van der Waals surface area contributed by atoms with Crippen LogP contribution in [0, 0.1) is 13.8 Å². The predicted octanol–water partition coefficient (Wildman–Crippen LogP) is 3.02. The lowest BCUT2D eigenvalue weighted by Crippen LogP contribution is -2.49. The van der Waals surface area contributed by atoms with Gasteiger partial charge in [-0.3, -0.25) is 14.4 Å². The first-order chi connectivity index (χ1) is 16.9. The summed E-state index contributed by atoms with van der Waals surface area (Å²) in [6.07, 6.45) is 5.18. The highest BCUT2D eigenvalue weighted by Crippen LogP contribution is 2.28. The van der Waals surface area contributed by atoms with Crippen LogP contribution in [-0.4, -0.2) is 78.3 Å². The summed E-state index contributed by atoms with van der Waals surface area (Å²) in [6.45, 7) is 8.69. The van der Waals surface area contributed by atoms with Crippen molar-refractivity contribution in [1.29, 1.82) is 0 Å². The minimum atomic E-state index is -0.125. The fourth-order valence-corrected chi connectivity index (χ4v) is 5.41. The molecule has 3 aliphatic rings. The lowest BCUT2D eigenvalue weighted by atomic mass is 10.0. The van der Waals surface area contributed by atoms with Crippen LogP contribution in [0.2, 0.25) is 0 Å². The average molecular weight is 476 g/mol. The summed E-state index contributed by atoms with van der Waals surface area (Å²) < 4.78 is 0. The molecule has 0 atom stereocenters. The Hall–Kier alpha value is -3.42. The summed E-state index contributed by atoms with van der Waals surface area (Å²) in [7, 11) is 0. The highest BCUT2D eigenvalue weighted by atomic mass is 16.2. The normalized spacial score (nSPS) is 18.5. The minimum absolute atomic E-state index is 0.0692. The third-order valence-electron chi connectivity index (χ3n) is 7.30. The zero-order chi connectivity index (χ0) is 24.5. The summed E-state index contributed by atoms with van der Waals surface area (Å²) in [5, 5.41) is 0. The molecule has 0 aliphatic carbocycles. The maximum atomic E-state index is 13.6. The van der Waals surface area contributed by atoms with Crippen LogP contribution in [-0.2, 0) is 4.79 Å². The number of hydrogen-bond donors (Lipinski definition) is 0. The molecule has 1 aromatic heterocycles. The lowest BCUT2D eigenvalue weighted by Gasteiger charge is -2.36. The summed E-state index contributed by atoms with van der Waals surface area (Å²) >= 11 is 0. The first-order valence-electron chi connectivity index (χ1n) is 12.6. The molecule has 4 heterocycles. The molecule has 3 fully saturated rings. The van der Waals surface area contributed by atoms with Gasteiger partial charge in [0.15, 0.2) is 0 Å². The summed E-state index contributed by atoms with van der Waals surface area (Å²) in [5.74, 6) is 0.796. The van der Waals surface area contributed by atoms with Crippen molar-refractivity contribution in [2.45, 2.75) is 39.5 Å². The molecule has 8 nitrogen and oxygen atoms in total. The topological polar surface area (TPSA) is 77.1 Å². The monoisotopic (exact) mass is 475 g/mol. The van der Waals surface area contributed by atoms with Gasteiger partial charge in [0.2, 0.25) is 5.91 Å². The highest BCUT2D eigenvalue weighted by Gasteiger charge is 2.31. The number of nitrogens with zero attached hydrogens (tertiary/aromatic N) is 5. The lowest BCUT2D eigenvalue weighted by molar-refractivity contribution is -0.117. The summed E-state index contributed by atoms with van der Waals surface area (Å²) in [6, 6.07) is 7.44. The Morgan fingerprint density at radius 2 is 1.49 bits per heavy atom. The minimum Gasteiger partial charge on any atom is -0.353 e. The molecule has 0 bridgehead atoms. The second-order valence-corrected chi connectivity index (χ2v) is 9.81. The van der Waals surface area contributed by atoms with Gasteiger partial charge in [0, 0.05) is 64.1 Å². The molecular weight excluding hydrogens is 442 g/mol. The van der Waals surface area contributed by atoms with Crippen molar-refractivity contribution in [3.63, 3.8) is 0 Å². The fraction of sp³-hybridized carbons (Fsp3) is 0.481. The summed E-state index contributed by atoms with van der Waals surface area (Å²) in [4.78, 5) is 51.6. The molecule has 35 heavy (non-hydrogen) atoms. The van der Waals surface area contributed by atoms with Crippen LogP contribution in [0.15, 0.2) is 30.5 Å². The molecule has 5 rings (SSSR count). The number of rotatable bonds is 4. The number of carbonyl (C=O) groups is 3. The van der Waals surface area contributed by atoms with E-state index in [1.54, 1.807) is 17.0 Å². The number of amides is 3. The second-order valence-electron chi connectivity index (χ2n) is 9.81. The van der Waals surface area contributed by atoms with Gasteiger partial charge in [0.25, 0.3) is 11.8 Å². The SMILES string of the molecule is Cc1cnc(N2CCN(C(=O)c3ccc(N4CCCC4=O)cc3C(=O)N3CCCC3)CC2)c(C)c1. The molecule has 3 amide bonds. The summed E-state index contributed by atoms with van der Waals surface area (Å²) in [5.41, 5.74) is 3.81. The number of pyridine rings is 1. The van der Waals surface area contributed by atoms with Crippen LogP contribution >= 0.6 is 0 Å². The number of aromatic nitrogens is 1. The maximum absolute atomic E-state index is 13.6. The van der Waals surface area contributed by atoms with Gasteiger partial charge in [-0.2, -0.15) is 0 Å². The molecule has 184 valence electrons. The van der Waals surface area contributed by atoms with Crippen molar-refractivity contribution in [1.82, 2.24) is 14.8 Å². The smallest absolute Gasteiger partial charge is 0.254 e. The number of benzene rings is 1. The van der Waals surface area contributed by atoms with Crippen LogP contribution in [0.5, 0.6) is 0 Å². The van der Waals surface area contributed by atoms with Crippen LogP contribution in [0.3, 0.4) is 0 Å². The van der Waals surface area contributed by atoms with E-state index in [4.69, 9.17) is 0 Å². The fourth-order valence-electron chi connectivity index (χ4n) is 5.41. The predicted molar refractivity (Wildman–Crippen MR) is 135 cm³/mol. The van der Waals surface area contributed by atoms with Gasteiger partial charge in [0.05, 0.1) is 11.1 Å². The molecule has 0 saturated carbocycles. The van der Waals surface area contributed by atoms with Crippen molar-refractivity contribution in [2.24, 2.45) is 0 Å². The maximum Gasteiger partial charge on any atom is 0.254 e. The van der Waals surface area contributed by atoms with E-state index >= 15 is 0 Å². The Morgan fingerprint density at radius 1 is 0.800 bits per heavy atom. The zero-order valence-electron chi connectivity index (χ0n) is 20.6. The largest absolute Gasteiger partial charge is 0.353 e. The molecule has 8 heteroatoms. The number of likely N-dealkylation sites (tertiary alicyclic amines) is 1. The van der Waals surface area contributed by atoms with E-state index in [0.29, 0.717) is 69.0 Å². The average Bonchev–Trinajstić information content (AvgIpc) is 3.55. The van der Waals surface area contributed by atoms with Gasteiger partial charge < -0.3 is 19.6 Å². The van der Waals surface area contributed by atoms with Crippen LogP contribution < -0.4 is 9.80 Å². The quantitative estimate of drug-likeness (QED) is 0.680. The molecule has 0 unspecified atom stereocenters. The number of aryl methyl sites for hydroxylation is 2. The second kappa shape index (κ2) is 9.68. The highest BCUT2D eigenvalue weighted by molar-refractivity contribution is 6.09. The van der Waals surface area contributed by atoms with Gasteiger partial charge in [0.1, 0.15) is 5.82 Å². The van der Waals surface area contributed by atoms with Crippen molar-refractivity contribution in [2.75, 3.05) is 55.6 Å². The number of anilines is 2. The van der Waals surface area contributed by atoms with E-state index in [1.165, 1.54) is 0 Å². The first kappa shape index (κ1) is 23.3. The third kappa shape index (κ3) is 4.61. The Bertz CT molecular complexity index is 1150. The molecule has 0 N–H and O–H groups in total. The number of carbonyl (C=O) groups excluding carboxylic acids is 3. The molecule has 0 spiro atoms. The van der Waals surface area contributed by atoms with Gasteiger partial charge in [-0.05, 0) is 62.4 Å². The third-order valence-corrected chi connectivity index (χ3v) is 7.30. The first-order valence-corrected chi connectivity index (χ1v) is 12.6. The van der Waals surface area contributed by atoms with Gasteiger partial charge in [-0.1, -0.05) is 6.07 Å². The number of piperazine rings is 1. The standard InChI is InChI=1S/C27H33N5O3/c1-19-16-20(2)25(28-18-19)29-12-14-31(15-13-29)26(34)22-8-7-21(32-11-5-6-24(32)33)17-23(22)27(35)30-9-3-4-10-30/h7-8,16-18H,3-6,9-15H2,1-2H3. The van der Waals surface area contributed by atoms with Crippen molar-refractivity contribution in [3.05, 3.63) is 52.7 Å². The Labute approximate surface area is 206 Å². The van der Waals surface area contributed by atoms with E-state index in [9.17, 15) is 14.4 Å². The Balaban J connectivity index is 1.37. The van der Waals surface area contributed by atoms with Crippen molar-refractivity contribution >= 4 is 29.2 Å². The van der Waals surface area contributed by atoms with Crippen LogP contribution in [0.1, 0.15) is 57.5 Å². The molecule has 3 saturated heterocycles. The number of hydrogen-bond acceptors (Lipinski definition) is 5.